The second-order valence-corrected chi connectivity index (χ2v) is 7.75. The van der Waals surface area contributed by atoms with Gasteiger partial charge >= 0.3 is 6.03 Å². The predicted octanol–water partition coefficient (Wildman–Crippen LogP) is 5.49. The van der Waals surface area contributed by atoms with Crippen LogP contribution in [0.4, 0.5) is 10.5 Å². The number of benzene rings is 3. The van der Waals surface area contributed by atoms with Crippen LogP contribution in [0.5, 0.6) is 5.75 Å². The largest absolute Gasteiger partial charge is 0.497 e. The second-order valence-electron chi connectivity index (χ2n) is 7.75. The van der Waals surface area contributed by atoms with Crippen LogP contribution in [0.1, 0.15) is 23.2 Å². The van der Waals surface area contributed by atoms with Gasteiger partial charge in [0.25, 0.3) is 0 Å². The Morgan fingerprint density at radius 1 is 0.903 bits per heavy atom. The second kappa shape index (κ2) is 9.47. The minimum absolute atomic E-state index is 0.0987. The molecule has 0 saturated carbocycles. The Hall–Kier alpha value is -3.60. The number of Topliss-reactive ketones (excluding diaryl/α,β-unsaturated/α-hetero) is 1. The summed E-state index contributed by atoms with van der Waals surface area (Å²) in [5, 5.41) is 2.91. The topological polar surface area (TPSA) is 58.6 Å². The van der Waals surface area contributed by atoms with Gasteiger partial charge in [-0.2, -0.15) is 0 Å². The predicted molar refractivity (Wildman–Crippen MR) is 123 cm³/mol. The molecule has 1 unspecified atom stereocenters. The number of nitrogens with one attached hydrogen (secondary N) is 1. The van der Waals surface area contributed by atoms with Crippen molar-refractivity contribution < 1.29 is 14.3 Å². The first-order chi connectivity index (χ1) is 15.1. The first-order valence-electron chi connectivity index (χ1n) is 10.5. The lowest BCUT2D eigenvalue weighted by atomic mass is 9.89. The zero-order valence-corrected chi connectivity index (χ0v) is 17.6. The summed E-state index contributed by atoms with van der Waals surface area (Å²) in [5.41, 5.74) is 3.61. The van der Waals surface area contributed by atoms with Gasteiger partial charge in [-0.25, -0.2) is 4.79 Å². The summed E-state index contributed by atoms with van der Waals surface area (Å²) in [7, 11) is 1.60. The molecule has 1 fully saturated rings. The van der Waals surface area contributed by atoms with Crippen molar-refractivity contribution in [3.05, 3.63) is 84.4 Å². The van der Waals surface area contributed by atoms with Crippen molar-refractivity contribution in [2.75, 3.05) is 25.5 Å². The van der Waals surface area contributed by atoms with Gasteiger partial charge in [0.05, 0.1) is 7.11 Å². The summed E-state index contributed by atoms with van der Waals surface area (Å²) in [6.45, 7) is 1.08. The van der Waals surface area contributed by atoms with Gasteiger partial charge in [-0.1, -0.05) is 54.6 Å². The number of nitrogens with zero attached hydrogens (tertiary/aromatic N) is 1. The lowest BCUT2D eigenvalue weighted by Gasteiger charge is -2.32. The molecule has 31 heavy (non-hydrogen) atoms. The molecule has 1 heterocycles. The van der Waals surface area contributed by atoms with Gasteiger partial charge in [-0.05, 0) is 48.2 Å². The van der Waals surface area contributed by atoms with Gasteiger partial charge < -0.3 is 15.0 Å². The number of ketones is 1. The van der Waals surface area contributed by atoms with Crippen LogP contribution < -0.4 is 10.1 Å². The molecule has 0 radical (unpaired) electrons. The number of hydrogen-bond donors (Lipinski definition) is 1. The van der Waals surface area contributed by atoms with Gasteiger partial charge in [-0.3, -0.25) is 4.79 Å². The molecule has 0 aromatic heterocycles. The number of piperidine rings is 1. The van der Waals surface area contributed by atoms with Crippen LogP contribution in [0, 0.1) is 5.92 Å². The molecule has 0 spiro atoms. The van der Waals surface area contributed by atoms with Crippen LogP contribution in [0.25, 0.3) is 11.1 Å². The first-order valence-corrected chi connectivity index (χ1v) is 10.5. The molecule has 1 atom stereocenters. The smallest absolute Gasteiger partial charge is 0.321 e. The monoisotopic (exact) mass is 414 g/mol. The van der Waals surface area contributed by atoms with Gasteiger partial charge in [0.15, 0.2) is 5.78 Å². The third-order valence-electron chi connectivity index (χ3n) is 5.70. The number of likely N-dealkylation sites (tertiary alicyclic amines) is 1. The average Bonchev–Trinajstić information content (AvgIpc) is 2.85. The van der Waals surface area contributed by atoms with Crippen LogP contribution in [0.2, 0.25) is 0 Å². The fourth-order valence-electron chi connectivity index (χ4n) is 3.95. The first kappa shape index (κ1) is 20.7. The molecule has 1 N–H and O–H groups in total. The van der Waals surface area contributed by atoms with Gasteiger partial charge in [0.2, 0.25) is 0 Å². The average molecular weight is 415 g/mol. The van der Waals surface area contributed by atoms with Crippen LogP contribution in [0.15, 0.2) is 78.9 Å². The SMILES string of the molecule is COc1ccc(NC(=O)N2CCCC(C(=O)c3ccc(-c4ccccc4)cc3)C2)cc1. The van der Waals surface area contributed by atoms with E-state index in [9.17, 15) is 9.59 Å². The molecule has 1 saturated heterocycles. The van der Waals surface area contributed by atoms with E-state index >= 15 is 0 Å². The molecule has 0 bridgehead atoms. The Morgan fingerprint density at radius 3 is 2.26 bits per heavy atom. The lowest BCUT2D eigenvalue weighted by molar-refractivity contribution is 0.0851. The summed E-state index contributed by atoms with van der Waals surface area (Å²) in [6, 6.07) is 24.9. The summed E-state index contributed by atoms with van der Waals surface area (Å²) in [5.74, 6) is 0.652. The van der Waals surface area contributed by atoms with E-state index in [0.29, 0.717) is 24.3 Å². The van der Waals surface area contributed by atoms with Crippen molar-refractivity contribution in [1.82, 2.24) is 4.90 Å². The van der Waals surface area contributed by atoms with Crippen molar-refractivity contribution in [2.45, 2.75) is 12.8 Å². The highest BCUT2D eigenvalue weighted by Gasteiger charge is 2.29. The molecule has 4 rings (SSSR count). The van der Waals surface area contributed by atoms with E-state index < -0.39 is 0 Å². The summed E-state index contributed by atoms with van der Waals surface area (Å²) in [6.07, 6.45) is 1.61. The molecule has 3 aromatic carbocycles. The third-order valence-corrected chi connectivity index (χ3v) is 5.70. The molecular weight excluding hydrogens is 388 g/mol. The number of carbonyl (C=O) groups is 2. The number of methoxy groups -OCH3 is 1. The number of hydrogen-bond acceptors (Lipinski definition) is 3. The van der Waals surface area contributed by atoms with Crippen LogP contribution in [-0.4, -0.2) is 36.9 Å². The minimum Gasteiger partial charge on any atom is -0.497 e. The van der Waals surface area contributed by atoms with Crippen molar-refractivity contribution >= 4 is 17.5 Å². The van der Waals surface area contributed by atoms with Crippen LogP contribution in [-0.2, 0) is 0 Å². The van der Waals surface area contributed by atoms with Crippen molar-refractivity contribution in [2.24, 2.45) is 5.92 Å². The number of carbonyl (C=O) groups excluding carboxylic acids is 2. The highest BCUT2D eigenvalue weighted by molar-refractivity contribution is 5.99. The van der Waals surface area contributed by atoms with Gasteiger partial charge in [0.1, 0.15) is 5.75 Å². The fourth-order valence-corrected chi connectivity index (χ4v) is 3.95. The van der Waals surface area contributed by atoms with Crippen molar-refractivity contribution in [3.63, 3.8) is 0 Å². The Morgan fingerprint density at radius 2 is 1.58 bits per heavy atom. The molecule has 2 amide bonds. The number of anilines is 1. The van der Waals surface area contributed by atoms with E-state index in [-0.39, 0.29) is 17.7 Å². The fraction of sp³-hybridized carbons (Fsp3) is 0.231. The van der Waals surface area contributed by atoms with E-state index in [1.54, 1.807) is 36.3 Å². The van der Waals surface area contributed by atoms with E-state index in [4.69, 9.17) is 4.74 Å². The standard InChI is InChI=1S/C26H26N2O3/c1-31-24-15-13-23(14-16-24)27-26(30)28-17-5-8-22(18-28)25(29)21-11-9-20(10-12-21)19-6-3-2-4-7-19/h2-4,6-7,9-16,22H,5,8,17-18H2,1H3,(H,27,30). The van der Waals surface area contributed by atoms with E-state index in [1.807, 2.05) is 42.5 Å². The van der Waals surface area contributed by atoms with E-state index in [1.165, 1.54) is 0 Å². The number of ether oxygens (including phenoxy) is 1. The van der Waals surface area contributed by atoms with Gasteiger partial charge in [-0.15, -0.1) is 0 Å². The van der Waals surface area contributed by atoms with Crippen LogP contribution >= 0.6 is 0 Å². The molecule has 1 aliphatic rings. The van der Waals surface area contributed by atoms with Crippen molar-refractivity contribution in [3.8, 4) is 16.9 Å². The highest BCUT2D eigenvalue weighted by Crippen LogP contribution is 2.25. The molecule has 1 aliphatic heterocycles. The maximum atomic E-state index is 13.1. The molecule has 0 aliphatic carbocycles. The molecule has 5 heteroatoms. The summed E-state index contributed by atoms with van der Waals surface area (Å²) in [4.78, 5) is 27.5. The number of amides is 2. The maximum absolute atomic E-state index is 13.1. The summed E-state index contributed by atoms with van der Waals surface area (Å²) < 4.78 is 5.14. The third kappa shape index (κ3) is 4.94. The molecular formula is C26H26N2O3. The normalized spacial score (nSPS) is 15.9. The zero-order valence-electron chi connectivity index (χ0n) is 17.6. The molecule has 3 aromatic rings. The Kier molecular flexibility index (Phi) is 6.32. The van der Waals surface area contributed by atoms with Crippen LogP contribution in [0.3, 0.4) is 0 Å². The quantitative estimate of drug-likeness (QED) is 0.562. The van der Waals surface area contributed by atoms with E-state index in [0.717, 1.165) is 29.7 Å². The van der Waals surface area contributed by atoms with Crippen molar-refractivity contribution in [1.29, 1.82) is 0 Å². The molecule has 158 valence electrons. The molecule has 5 nitrogen and oxygen atoms in total. The Balaban J connectivity index is 1.39. The minimum atomic E-state index is -0.182. The Labute approximate surface area is 182 Å². The van der Waals surface area contributed by atoms with E-state index in [2.05, 4.69) is 17.4 Å². The zero-order chi connectivity index (χ0) is 21.6. The maximum Gasteiger partial charge on any atom is 0.321 e. The Bertz CT molecular complexity index is 1030. The number of urea groups is 1. The number of rotatable bonds is 5. The highest BCUT2D eigenvalue weighted by atomic mass is 16.5. The summed E-state index contributed by atoms with van der Waals surface area (Å²) >= 11 is 0. The lowest BCUT2D eigenvalue weighted by Crippen LogP contribution is -2.44. The van der Waals surface area contributed by atoms with Gasteiger partial charge in [0, 0.05) is 30.3 Å².